The first-order chi connectivity index (χ1) is 8.39. The molecule has 1 atom stereocenters. The van der Waals surface area contributed by atoms with Crippen LogP contribution in [0.1, 0.15) is 51.2 Å². The molecule has 0 aromatic heterocycles. The molecular weight excluding hydrogens is 220 g/mol. The van der Waals surface area contributed by atoms with Crippen molar-refractivity contribution >= 4 is 0 Å². The standard InChI is InChI=1S/C17H24O/c1-16(2,3)15-9-7-14(8-10-15)13-17(18)11-5-4-6-12-17/h5,7-11,18H,4,6,12-13H2,1-3H3. The third-order valence-corrected chi connectivity index (χ3v) is 3.74. The van der Waals surface area contributed by atoms with Crippen molar-refractivity contribution in [2.75, 3.05) is 0 Å². The maximum absolute atomic E-state index is 10.5. The highest BCUT2D eigenvalue weighted by atomic mass is 16.3. The van der Waals surface area contributed by atoms with E-state index in [1.807, 2.05) is 6.08 Å². The van der Waals surface area contributed by atoms with E-state index in [0.29, 0.717) is 0 Å². The summed E-state index contributed by atoms with van der Waals surface area (Å²) < 4.78 is 0. The van der Waals surface area contributed by atoms with Crippen molar-refractivity contribution in [2.24, 2.45) is 0 Å². The lowest BCUT2D eigenvalue weighted by atomic mass is 9.83. The highest BCUT2D eigenvalue weighted by Crippen LogP contribution is 2.27. The Morgan fingerprint density at radius 1 is 1.17 bits per heavy atom. The van der Waals surface area contributed by atoms with Crippen molar-refractivity contribution in [2.45, 2.75) is 57.5 Å². The van der Waals surface area contributed by atoms with Gasteiger partial charge in [-0.1, -0.05) is 57.2 Å². The van der Waals surface area contributed by atoms with Gasteiger partial charge in [0.25, 0.3) is 0 Å². The monoisotopic (exact) mass is 244 g/mol. The van der Waals surface area contributed by atoms with Crippen LogP contribution in [-0.4, -0.2) is 10.7 Å². The molecule has 1 aromatic rings. The van der Waals surface area contributed by atoms with Crippen LogP contribution in [-0.2, 0) is 11.8 Å². The molecule has 0 saturated heterocycles. The molecule has 1 nitrogen and oxygen atoms in total. The van der Waals surface area contributed by atoms with Gasteiger partial charge in [-0.2, -0.15) is 0 Å². The highest BCUT2D eigenvalue weighted by Gasteiger charge is 2.25. The van der Waals surface area contributed by atoms with Crippen LogP contribution < -0.4 is 0 Å². The van der Waals surface area contributed by atoms with Gasteiger partial charge in [0.15, 0.2) is 0 Å². The summed E-state index contributed by atoms with van der Waals surface area (Å²) in [5.41, 5.74) is 2.14. The summed E-state index contributed by atoms with van der Waals surface area (Å²) in [6.07, 6.45) is 7.89. The number of hydrogen-bond donors (Lipinski definition) is 1. The summed E-state index contributed by atoms with van der Waals surface area (Å²) in [5.74, 6) is 0. The Hall–Kier alpha value is -1.08. The first-order valence-corrected chi connectivity index (χ1v) is 6.89. The van der Waals surface area contributed by atoms with Gasteiger partial charge >= 0.3 is 0 Å². The number of benzene rings is 1. The molecule has 0 radical (unpaired) electrons. The van der Waals surface area contributed by atoms with Crippen molar-refractivity contribution in [1.82, 2.24) is 0 Å². The Kier molecular flexibility index (Phi) is 3.63. The maximum atomic E-state index is 10.5. The van der Waals surface area contributed by atoms with Gasteiger partial charge in [-0.15, -0.1) is 0 Å². The third-order valence-electron chi connectivity index (χ3n) is 3.74. The minimum Gasteiger partial charge on any atom is -0.385 e. The van der Waals surface area contributed by atoms with Crippen LogP contribution in [0.25, 0.3) is 0 Å². The van der Waals surface area contributed by atoms with E-state index in [1.54, 1.807) is 0 Å². The number of allylic oxidation sites excluding steroid dienone is 1. The lowest BCUT2D eigenvalue weighted by molar-refractivity contribution is 0.0751. The quantitative estimate of drug-likeness (QED) is 0.780. The van der Waals surface area contributed by atoms with Crippen molar-refractivity contribution in [3.8, 4) is 0 Å². The molecule has 1 aliphatic carbocycles. The van der Waals surface area contributed by atoms with Crippen LogP contribution in [0.5, 0.6) is 0 Å². The first-order valence-electron chi connectivity index (χ1n) is 6.89. The fourth-order valence-electron chi connectivity index (χ4n) is 2.54. The topological polar surface area (TPSA) is 20.2 Å². The average molecular weight is 244 g/mol. The molecule has 0 spiro atoms. The summed E-state index contributed by atoms with van der Waals surface area (Å²) in [5, 5.41) is 10.5. The van der Waals surface area contributed by atoms with E-state index < -0.39 is 5.60 Å². The van der Waals surface area contributed by atoms with Gasteiger partial charge in [-0.05, 0) is 35.8 Å². The van der Waals surface area contributed by atoms with Gasteiger partial charge in [-0.25, -0.2) is 0 Å². The molecule has 0 amide bonds. The van der Waals surface area contributed by atoms with Crippen LogP contribution in [0.4, 0.5) is 0 Å². The second kappa shape index (κ2) is 4.89. The summed E-state index contributed by atoms with van der Waals surface area (Å²) in [6.45, 7) is 6.66. The molecule has 0 heterocycles. The van der Waals surface area contributed by atoms with Crippen molar-refractivity contribution < 1.29 is 5.11 Å². The fraction of sp³-hybridized carbons (Fsp3) is 0.529. The van der Waals surface area contributed by atoms with Crippen molar-refractivity contribution in [3.63, 3.8) is 0 Å². The van der Waals surface area contributed by atoms with Gasteiger partial charge in [-0.3, -0.25) is 0 Å². The largest absolute Gasteiger partial charge is 0.385 e. The zero-order valence-electron chi connectivity index (χ0n) is 11.7. The molecule has 1 unspecified atom stereocenters. The predicted octanol–water partition coefficient (Wildman–Crippen LogP) is 4.00. The van der Waals surface area contributed by atoms with Crippen LogP contribution in [0.2, 0.25) is 0 Å². The smallest absolute Gasteiger partial charge is 0.0867 e. The molecule has 1 aliphatic rings. The molecule has 18 heavy (non-hydrogen) atoms. The lowest BCUT2D eigenvalue weighted by Crippen LogP contribution is -2.30. The molecule has 1 aromatic carbocycles. The number of rotatable bonds is 2. The van der Waals surface area contributed by atoms with Crippen LogP contribution in [0.3, 0.4) is 0 Å². The second-order valence-corrected chi connectivity index (χ2v) is 6.52. The lowest BCUT2D eigenvalue weighted by Gasteiger charge is -2.28. The Labute approximate surface area is 111 Å². The van der Waals surface area contributed by atoms with Gasteiger partial charge in [0.2, 0.25) is 0 Å². The molecule has 1 N–H and O–H groups in total. The van der Waals surface area contributed by atoms with Gasteiger partial charge in [0, 0.05) is 6.42 Å². The SMILES string of the molecule is CC(C)(C)c1ccc(CC2(O)C=CCCC2)cc1. The highest BCUT2D eigenvalue weighted by molar-refractivity contribution is 5.29. The molecule has 0 saturated carbocycles. The van der Waals surface area contributed by atoms with Gasteiger partial charge in [0.05, 0.1) is 5.60 Å². The molecule has 1 heteroatoms. The minimum atomic E-state index is -0.624. The van der Waals surface area contributed by atoms with Gasteiger partial charge in [0.1, 0.15) is 0 Å². The maximum Gasteiger partial charge on any atom is 0.0867 e. The Balaban J connectivity index is 2.11. The molecule has 0 aliphatic heterocycles. The fourth-order valence-corrected chi connectivity index (χ4v) is 2.54. The Bertz CT molecular complexity index is 422. The summed E-state index contributed by atoms with van der Waals surface area (Å²) in [7, 11) is 0. The zero-order chi connectivity index (χ0) is 13.2. The van der Waals surface area contributed by atoms with E-state index >= 15 is 0 Å². The Morgan fingerprint density at radius 2 is 1.83 bits per heavy atom. The minimum absolute atomic E-state index is 0.195. The van der Waals surface area contributed by atoms with Crippen molar-refractivity contribution in [3.05, 3.63) is 47.5 Å². The number of aliphatic hydroxyl groups is 1. The predicted molar refractivity (Wildman–Crippen MR) is 76.8 cm³/mol. The van der Waals surface area contributed by atoms with Crippen LogP contribution in [0.15, 0.2) is 36.4 Å². The molecule has 2 rings (SSSR count). The van der Waals surface area contributed by atoms with E-state index in [0.717, 1.165) is 25.7 Å². The summed E-state index contributed by atoms with van der Waals surface area (Å²) in [4.78, 5) is 0. The second-order valence-electron chi connectivity index (χ2n) is 6.52. The summed E-state index contributed by atoms with van der Waals surface area (Å²) >= 11 is 0. The van der Waals surface area contributed by atoms with E-state index in [4.69, 9.17) is 0 Å². The first kappa shape index (κ1) is 13.4. The Morgan fingerprint density at radius 3 is 2.33 bits per heavy atom. The third kappa shape index (κ3) is 3.23. The van der Waals surface area contributed by atoms with Crippen molar-refractivity contribution in [1.29, 1.82) is 0 Å². The summed E-state index contributed by atoms with van der Waals surface area (Å²) in [6, 6.07) is 8.68. The van der Waals surface area contributed by atoms with E-state index in [9.17, 15) is 5.11 Å². The molecule has 0 fully saturated rings. The van der Waals surface area contributed by atoms with Crippen LogP contribution in [0, 0.1) is 0 Å². The number of hydrogen-bond acceptors (Lipinski definition) is 1. The molecule has 0 bridgehead atoms. The molecular formula is C17H24O. The van der Waals surface area contributed by atoms with Crippen LogP contribution >= 0.6 is 0 Å². The van der Waals surface area contributed by atoms with E-state index in [2.05, 4.69) is 51.1 Å². The van der Waals surface area contributed by atoms with Gasteiger partial charge < -0.3 is 5.11 Å². The van der Waals surface area contributed by atoms with E-state index in [-0.39, 0.29) is 5.41 Å². The average Bonchev–Trinajstić information content (AvgIpc) is 2.29. The molecule has 98 valence electrons. The van der Waals surface area contributed by atoms with E-state index in [1.165, 1.54) is 11.1 Å². The zero-order valence-corrected chi connectivity index (χ0v) is 11.7. The normalized spacial score (nSPS) is 24.2.